The van der Waals surface area contributed by atoms with Crippen molar-refractivity contribution in [1.82, 2.24) is 9.34 Å². The van der Waals surface area contributed by atoms with Gasteiger partial charge in [-0.15, -0.1) is 0 Å². The van der Waals surface area contributed by atoms with E-state index in [1.807, 2.05) is 0 Å². The van der Waals surface area contributed by atoms with Crippen molar-refractivity contribution in [1.29, 1.82) is 0 Å². The van der Waals surface area contributed by atoms with Crippen LogP contribution in [0.3, 0.4) is 0 Å². The highest BCUT2D eigenvalue weighted by Crippen LogP contribution is 2.64. The third kappa shape index (κ3) is 5.76. The highest BCUT2D eigenvalue weighted by Gasteiger charge is 2.52. The first-order chi connectivity index (χ1) is 16.7. The van der Waals surface area contributed by atoms with E-state index in [4.69, 9.17) is 4.52 Å². The Morgan fingerprint density at radius 1 is 0.824 bits per heavy atom. The molecule has 1 heterocycles. The molecule has 2 aromatic rings. The van der Waals surface area contributed by atoms with Crippen molar-refractivity contribution < 1.29 is 4.52 Å². The number of fused-ring (bicyclic) bond motifs is 1. The van der Waals surface area contributed by atoms with Crippen LogP contribution in [-0.4, -0.2) is 28.0 Å². The lowest BCUT2D eigenvalue weighted by Crippen LogP contribution is -2.41. The van der Waals surface area contributed by atoms with Gasteiger partial charge in [0.2, 0.25) is 0 Å². The predicted molar refractivity (Wildman–Crippen MR) is 146 cm³/mol. The van der Waals surface area contributed by atoms with Crippen LogP contribution in [0, 0.1) is 5.92 Å². The van der Waals surface area contributed by atoms with Crippen LogP contribution in [0.5, 0.6) is 0 Å². The molecule has 0 radical (unpaired) electrons. The molecule has 1 saturated carbocycles. The van der Waals surface area contributed by atoms with Gasteiger partial charge >= 0.3 is 0 Å². The monoisotopic (exact) mass is 480 g/mol. The van der Waals surface area contributed by atoms with Crippen molar-refractivity contribution in [2.24, 2.45) is 5.92 Å². The molecule has 4 rings (SSSR count). The zero-order chi connectivity index (χ0) is 23.9. The lowest BCUT2D eigenvalue weighted by molar-refractivity contribution is 0.166. The fourth-order valence-electron chi connectivity index (χ4n) is 5.92. The Bertz CT molecular complexity index is 786. The summed E-state index contributed by atoms with van der Waals surface area (Å²) in [5.41, 5.74) is 2.82. The first-order valence-electron chi connectivity index (χ1n) is 13.7. The summed E-state index contributed by atoms with van der Waals surface area (Å²) in [6.45, 7) is 10.3. The first kappa shape index (κ1) is 25.8. The normalized spacial score (nSPS) is 24.6. The number of rotatable bonds is 11. The maximum absolute atomic E-state index is 7.07. The van der Waals surface area contributed by atoms with Crippen LogP contribution in [0.25, 0.3) is 0 Å². The lowest BCUT2D eigenvalue weighted by Gasteiger charge is -2.37. The molecular formula is C30H45N2OP. The Kier molecular flexibility index (Phi) is 9.60. The summed E-state index contributed by atoms with van der Waals surface area (Å²) in [7, 11) is -0.835. The Labute approximate surface area is 209 Å². The van der Waals surface area contributed by atoms with Gasteiger partial charge in [0.1, 0.15) is 0 Å². The molecule has 0 aromatic heterocycles. The van der Waals surface area contributed by atoms with Crippen LogP contribution in [0.2, 0.25) is 0 Å². The largest absolute Gasteiger partial charge is 0.331 e. The van der Waals surface area contributed by atoms with Crippen molar-refractivity contribution in [3.8, 4) is 0 Å². The van der Waals surface area contributed by atoms with Crippen molar-refractivity contribution >= 4 is 8.45 Å². The zero-order valence-electron chi connectivity index (χ0n) is 21.8. The van der Waals surface area contributed by atoms with E-state index in [1.54, 1.807) is 0 Å². The van der Waals surface area contributed by atoms with E-state index in [0.29, 0.717) is 30.1 Å². The van der Waals surface area contributed by atoms with Gasteiger partial charge in [-0.25, -0.2) is 9.34 Å². The number of nitrogens with zero attached hydrogens (tertiary/aromatic N) is 2. The smallest absolute Gasteiger partial charge is 0.189 e. The average Bonchev–Trinajstić information content (AvgIpc) is 3.23. The minimum Gasteiger partial charge on any atom is -0.331 e. The van der Waals surface area contributed by atoms with Gasteiger partial charge < -0.3 is 4.52 Å². The second kappa shape index (κ2) is 12.6. The second-order valence-electron chi connectivity index (χ2n) is 10.3. The number of benzene rings is 2. The summed E-state index contributed by atoms with van der Waals surface area (Å²) >= 11 is 0. The van der Waals surface area contributed by atoms with Crippen molar-refractivity contribution in [2.75, 3.05) is 6.61 Å². The highest BCUT2D eigenvalue weighted by atomic mass is 31.2. The van der Waals surface area contributed by atoms with Gasteiger partial charge in [0.05, 0.1) is 6.61 Å². The van der Waals surface area contributed by atoms with Crippen LogP contribution in [0.1, 0.15) is 102 Å². The van der Waals surface area contributed by atoms with Crippen LogP contribution in [0.15, 0.2) is 60.7 Å². The summed E-state index contributed by atoms with van der Waals surface area (Å²) in [6, 6.07) is 24.1. The van der Waals surface area contributed by atoms with Gasteiger partial charge in [0, 0.05) is 24.2 Å². The quantitative estimate of drug-likeness (QED) is 0.299. The molecule has 34 heavy (non-hydrogen) atoms. The fraction of sp³-hybridized carbons (Fsp3) is 0.600. The Morgan fingerprint density at radius 2 is 1.32 bits per heavy atom. The fourth-order valence-corrected chi connectivity index (χ4v) is 8.68. The van der Waals surface area contributed by atoms with Gasteiger partial charge in [0.15, 0.2) is 8.45 Å². The molecule has 3 nitrogen and oxygen atoms in total. The van der Waals surface area contributed by atoms with Gasteiger partial charge in [-0.05, 0) is 50.2 Å². The molecule has 1 unspecified atom stereocenters. The SMILES string of the molecule is CCCCC(CC)COP1N([C@@H](C)c2ccccc2)[C@@H]2CCCC[C@H]2N1[C@@H](C)c1ccccc1. The zero-order valence-corrected chi connectivity index (χ0v) is 22.7. The minimum atomic E-state index is -0.835. The van der Waals surface area contributed by atoms with Gasteiger partial charge in [0.25, 0.3) is 0 Å². The third-order valence-corrected chi connectivity index (χ3v) is 10.6. The van der Waals surface area contributed by atoms with E-state index in [0.717, 1.165) is 6.61 Å². The van der Waals surface area contributed by atoms with Gasteiger partial charge in [-0.3, -0.25) is 0 Å². The first-order valence-corrected chi connectivity index (χ1v) is 14.9. The molecule has 0 N–H and O–H groups in total. The summed E-state index contributed by atoms with van der Waals surface area (Å²) < 4.78 is 12.7. The second-order valence-corrected chi connectivity index (χ2v) is 12.0. The summed E-state index contributed by atoms with van der Waals surface area (Å²) in [5.74, 6) is 0.660. The van der Waals surface area contributed by atoms with Crippen molar-refractivity contribution in [2.45, 2.75) is 103 Å². The molecule has 1 saturated heterocycles. The average molecular weight is 481 g/mol. The lowest BCUT2D eigenvalue weighted by atomic mass is 9.88. The van der Waals surface area contributed by atoms with Gasteiger partial charge in [-0.1, -0.05) is 107 Å². The van der Waals surface area contributed by atoms with E-state index in [9.17, 15) is 0 Å². The summed E-state index contributed by atoms with van der Waals surface area (Å²) in [5, 5.41) is 0. The molecule has 2 aromatic carbocycles. The Morgan fingerprint density at radius 3 is 1.76 bits per heavy atom. The predicted octanol–water partition coefficient (Wildman–Crippen LogP) is 8.90. The minimum absolute atomic E-state index is 0.363. The topological polar surface area (TPSA) is 15.7 Å². The molecule has 2 fully saturated rings. The molecule has 186 valence electrons. The molecule has 2 aliphatic rings. The Hall–Kier alpha value is -1.25. The van der Waals surface area contributed by atoms with E-state index < -0.39 is 8.45 Å². The highest BCUT2D eigenvalue weighted by molar-refractivity contribution is 7.47. The van der Waals surface area contributed by atoms with Crippen LogP contribution in [0.4, 0.5) is 0 Å². The molecule has 0 amide bonds. The molecule has 4 heteroatoms. The molecule has 1 aliphatic heterocycles. The summed E-state index contributed by atoms with van der Waals surface area (Å²) in [4.78, 5) is 0. The van der Waals surface area contributed by atoms with E-state index >= 15 is 0 Å². The van der Waals surface area contributed by atoms with Crippen LogP contribution >= 0.6 is 8.45 Å². The van der Waals surface area contributed by atoms with E-state index in [2.05, 4.69) is 97.7 Å². The van der Waals surface area contributed by atoms with Gasteiger partial charge in [-0.2, -0.15) is 0 Å². The number of hydrogen-bond acceptors (Lipinski definition) is 3. The molecular weight excluding hydrogens is 435 g/mol. The summed E-state index contributed by atoms with van der Waals surface area (Å²) in [6.07, 6.45) is 10.3. The van der Waals surface area contributed by atoms with Crippen molar-refractivity contribution in [3.05, 3.63) is 71.8 Å². The third-order valence-electron chi connectivity index (χ3n) is 8.10. The van der Waals surface area contributed by atoms with Crippen LogP contribution in [-0.2, 0) is 4.52 Å². The molecule has 5 atom stereocenters. The molecule has 0 bridgehead atoms. The van der Waals surface area contributed by atoms with E-state index in [-0.39, 0.29) is 0 Å². The van der Waals surface area contributed by atoms with E-state index in [1.165, 1.54) is 62.5 Å². The maximum Gasteiger partial charge on any atom is 0.189 e. The number of hydrogen-bond donors (Lipinski definition) is 0. The standard InChI is InChI=1S/C30H45N2OP/c1-5-7-16-26(6-2)23-33-34-31(24(3)27-17-10-8-11-18-27)29-21-14-15-22-30(29)32(34)25(4)28-19-12-9-13-20-28/h8-13,17-20,24-26,29-30H,5-7,14-16,21-23H2,1-4H3/t24-,25-,26?,29+,30+/m0/s1. The van der Waals surface area contributed by atoms with Crippen LogP contribution < -0.4 is 0 Å². The molecule has 0 spiro atoms. The maximum atomic E-state index is 7.07. The van der Waals surface area contributed by atoms with Crippen molar-refractivity contribution in [3.63, 3.8) is 0 Å². The number of unbranched alkanes of at least 4 members (excludes halogenated alkanes) is 1. The molecule has 1 aliphatic carbocycles. The Balaban J connectivity index is 1.67.